The van der Waals surface area contributed by atoms with Crippen LogP contribution in [0.1, 0.15) is 0 Å². The molecule has 10 heteroatoms. The maximum Gasteiger partial charge on any atom is 0.313 e. The summed E-state index contributed by atoms with van der Waals surface area (Å²) in [5.41, 5.74) is 4.89. The average molecular weight is 471 g/mol. The van der Waals surface area contributed by atoms with Gasteiger partial charge < -0.3 is 15.1 Å². The Morgan fingerprint density at radius 3 is 2.47 bits per heavy atom. The Kier molecular flexibility index (Phi) is 5.56. The predicted molar refractivity (Wildman–Crippen MR) is 130 cm³/mol. The first-order valence-corrected chi connectivity index (χ1v) is 11.2. The second-order valence-corrected chi connectivity index (χ2v) is 8.50. The van der Waals surface area contributed by atoms with Gasteiger partial charge in [-0.05, 0) is 41.0 Å². The summed E-state index contributed by atoms with van der Waals surface area (Å²) < 4.78 is 0. The van der Waals surface area contributed by atoms with Crippen LogP contribution in [0.25, 0.3) is 44.7 Å². The SMILES string of the molecule is O=C(O)CSc1nnc(-c2cc(-c3ccc4[nH]c(-c5ccccc5)cc4c3)cc([N+](=O)[O-])c2)[nH]1. The average Bonchev–Trinajstić information content (AvgIpc) is 3.50. The van der Waals surface area contributed by atoms with Crippen LogP contribution in [0.3, 0.4) is 0 Å². The van der Waals surface area contributed by atoms with E-state index in [1.165, 1.54) is 12.1 Å². The number of nitro groups is 1. The molecule has 0 bridgehead atoms. The molecule has 3 N–H and O–H groups in total. The zero-order valence-electron chi connectivity index (χ0n) is 17.6. The van der Waals surface area contributed by atoms with Crippen LogP contribution in [0.15, 0.2) is 78.0 Å². The lowest BCUT2D eigenvalue weighted by molar-refractivity contribution is -0.384. The molecule has 168 valence electrons. The standard InChI is InChI=1S/C24H17N5O4S/c30-22(31)13-34-24-26-23(27-28-24)18-9-16(10-19(11-18)29(32)33)15-6-7-20-17(8-15)12-21(25-20)14-4-2-1-3-5-14/h1-12,25H,13H2,(H,30,31)(H,26,27,28). The molecule has 5 rings (SSSR count). The van der Waals surface area contributed by atoms with Crippen LogP contribution in [0.4, 0.5) is 5.69 Å². The zero-order valence-corrected chi connectivity index (χ0v) is 18.4. The van der Waals surface area contributed by atoms with Crippen molar-refractivity contribution in [3.8, 4) is 33.8 Å². The highest BCUT2D eigenvalue weighted by Gasteiger charge is 2.16. The van der Waals surface area contributed by atoms with Crippen LogP contribution in [0.2, 0.25) is 0 Å². The smallest absolute Gasteiger partial charge is 0.313 e. The third kappa shape index (κ3) is 4.39. The topological polar surface area (TPSA) is 138 Å². The van der Waals surface area contributed by atoms with Crippen molar-refractivity contribution in [1.29, 1.82) is 0 Å². The van der Waals surface area contributed by atoms with Crippen LogP contribution < -0.4 is 0 Å². The summed E-state index contributed by atoms with van der Waals surface area (Å²) in [4.78, 5) is 28.3. The number of hydrogen-bond acceptors (Lipinski definition) is 6. The number of carbonyl (C=O) groups is 1. The predicted octanol–water partition coefficient (Wildman–Crippen LogP) is 5.37. The van der Waals surface area contributed by atoms with Crippen molar-refractivity contribution < 1.29 is 14.8 Å². The van der Waals surface area contributed by atoms with Gasteiger partial charge in [0, 0.05) is 34.3 Å². The number of benzene rings is 3. The van der Waals surface area contributed by atoms with Gasteiger partial charge in [-0.1, -0.05) is 48.2 Å². The van der Waals surface area contributed by atoms with Gasteiger partial charge in [-0.25, -0.2) is 0 Å². The van der Waals surface area contributed by atoms with Gasteiger partial charge in [-0.15, -0.1) is 10.2 Å². The number of H-pyrrole nitrogens is 2. The van der Waals surface area contributed by atoms with E-state index in [1.807, 2.05) is 48.5 Å². The maximum absolute atomic E-state index is 11.6. The highest BCUT2D eigenvalue weighted by atomic mass is 32.2. The van der Waals surface area contributed by atoms with Gasteiger partial charge in [0.05, 0.1) is 10.7 Å². The minimum Gasteiger partial charge on any atom is -0.481 e. The number of carboxylic acids is 1. The van der Waals surface area contributed by atoms with Crippen LogP contribution in [0, 0.1) is 10.1 Å². The summed E-state index contributed by atoms with van der Waals surface area (Å²) in [6, 6.07) is 22.6. The Bertz CT molecular complexity index is 1530. The second kappa shape index (κ2) is 8.83. The number of nitro benzene ring substituents is 1. The first kappa shape index (κ1) is 21.4. The van der Waals surface area contributed by atoms with Gasteiger partial charge in [0.25, 0.3) is 5.69 Å². The van der Waals surface area contributed by atoms with Crippen LogP contribution >= 0.6 is 11.8 Å². The molecule has 0 saturated carbocycles. The molecule has 5 aromatic rings. The summed E-state index contributed by atoms with van der Waals surface area (Å²) in [5, 5.41) is 29.7. The maximum atomic E-state index is 11.6. The number of hydrogen-bond donors (Lipinski definition) is 3. The van der Waals surface area contributed by atoms with Gasteiger partial charge in [0.1, 0.15) is 0 Å². The minimum atomic E-state index is -0.976. The molecule has 0 saturated heterocycles. The molecule has 0 aliphatic heterocycles. The number of nitrogens with one attached hydrogen (secondary N) is 2. The van der Waals surface area contributed by atoms with Crippen LogP contribution in [-0.2, 0) is 4.79 Å². The van der Waals surface area contributed by atoms with Crippen molar-refractivity contribution in [2.75, 3.05) is 5.75 Å². The van der Waals surface area contributed by atoms with E-state index in [9.17, 15) is 14.9 Å². The quantitative estimate of drug-likeness (QED) is 0.165. The number of thioether (sulfide) groups is 1. The van der Waals surface area contributed by atoms with Crippen molar-refractivity contribution in [2.24, 2.45) is 0 Å². The summed E-state index contributed by atoms with van der Waals surface area (Å²) in [5.74, 6) is -0.820. The van der Waals surface area contributed by atoms with E-state index in [1.54, 1.807) is 6.07 Å². The molecule has 0 amide bonds. The fourth-order valence-corrected chi connectivity index (χ4v) is 4.20. The monoisotopic (exact) mass is 471 g/mol. The number of non-ortho nitro benzene ring substituents is 1. The van der Waals surface area contributed by atoms with Gasteiger partial charge in [-0.2, -0.15) is 0 Å². The largest absolute Gasteiger partial charge is 0.481 e. The highest BCUT2D eigenvalue weighted by molar-refractivity contribution is 7.99. The van der Waals surface area contributed by atoms with E-state index in [4.69, 9.17) is 5.11 Å². The molecule has 0 atom stereocenters. The third-order valence-corrected chi connectivity index (χ3v) is 6.09. The minimum absolute atomic E-state index is 0.0808. The van der Waals surface area contributed by atoms with Gasteiger partial charge >= 0.3 is 5.97 Å². The van der Waals surface area contributed by atoms with E-state index >= 15 is 0 Å². The van der Waals surface area contributed by atoms with Gasteiger partial charge in [0.15, 0.2) is 11.0 Å². The van der Waals surface area contributed by atoms with Crippen molar-refractivity contribution in [3.63, 3.8) is 0 Å². The molecule has 0 fully saturated rings. The van der Waals surface area contributed by atoms with E-state index in [-0.39, 0.29) is 11.4 Å². The van der Waals surface area contributed by atoms with Crippen LogP contribution in [-0.4, -0.2) is 41.9 Å². The Hall–Kier alpha value is -4.44. The molecule has 0 radical (unpaired) electrons. The summed E-state index contributed by atoms with van der Waals surface area (Å²) in [6.07, 6.45) is 0. The van der Waals surface area contributed by atoms with Crippen molar-refractivity contribution in [2.45, 2.75) is 5.16 Å². The Morgan fingerprint density at radius 1 is 0.912 bits per heavy atom. The number of aliphatic carboxylic acids is 1. The summed E-state index contributed by atoms with van der Waals surface area (Å²) >= 11 is 0.991. The Labute approximate surface area is 197 Å². The van der Waals surface area contributed by atoms with Crippen molar-refractivity contribution >= 4 is 34.3 Å². The van der Waals surface area contributed by atoms with Gasteiger partial charge in [-0.3, -0.25) is 14.9 Å². The highest BCUT2D eigenvalue weighted by Crippen LogP contribution is 2.33. The fraction of sp³-hybridized carbons (Fsp3) is 0.0417. The van der Waals surface area contributed by atoms with Gasteiger partial charge in [0.2, 0.25) is 0 Å². The van der Waals surface area contributed by atoms with Crippen molar-refractivity contribution in [3.05, 3.63) is 82.9 Å². The van der Waals surface area contributed by atoms with E-state index < -0.39 is 10.9 Å². The number of aromatic nitrogens is 4. The molecule has 0 spiro atoms. The number of aromatic amines is 2. The molecule has 34 heavy (non-hydrogen) atoms. The third-order valence-electron chi connectivity index (χ3n) is 5.24. The molecule has 2 heterocycles. The molecule has 0 unspecified atom stereocenters. The second-order valence-electron chi connectivity index (χ2n) is 7.54. The zero-order chi connectivity index (χ0) is 23.7. The lowest BCUT2D eigenvalue weighted by Crippen LogP contribution is -1.97. The first-order chi connectivity index (χ1) is 16.5. The summed E-state index contributed by atoms with van der Waals surface area (Å²) in [6.45, 7) is 0. The van der Waals surface area contributed by atoms with E-state index in [0.717, 1.165) is 39.5 Å². The molecular formula is C24H17N5O4S. The molecule has 2 aromatic heterocycles. The number of fused-ring (bicyclic) bond motifs is 1. The Morgan fingerprint density at radius 2 is 1.71 bits per heavy atom. The molecular weight excluding hydrogens is 454 g/mol. The summed E-state index contributed by atoms with van der Waals surface area (Å²) in [7, 11) is 0. The van der Waals surface area contributed by atoms with Crippen molar-refractivity contribution in [1.82, 2.24) is 20.2 Å². The number of nitrogens with zero attached hydrogens (tertiary/aromatic N) is 3. The normalized spacial score (nSPS) is 11.1. The van der Waals surface area contributed by atoms with Crippen LogP contribution in [0.5, 0.6) is 0 Å². The molecule has 3 aromatic carbocycles. The van der Waals surface area contributed by atoms with E-state index in [2.05, 4.69) is 26.2 Å². The lowest BCUT2D eigenvalue weighted by atomic mass is 10.0. The molecule has 9 nitrogen and oxygen atoms in total. The molecule has 0 aliphatic carbocycles. The molecule has 0 aliphatic rings. The first-order valence-electron chi connectivity index (χ1n) is 10.2. The fourth-order valence-electron chi connectivity index (χ4n) is 3.68. The number of carboxylic acid groups (broad SMARTS) is 1. The number of rotatable bonds is 7. The van der Waals surface area contributed by atoms with E-state index in [0.29, 0.717) is 22.1 Å². The lowest BCUT2D eigenvalue weighted by Gasteiger charge is -2.05. The Balaban J connectivity index is 1.53.